The lowest BCUT2D eigenvalue weighted by Crippen LogP contribution is -2.47. The zero-order chi connectivity index (χ0) is 17.9. The van der Waals surface area contributed by atoms with E-state index in [1.54, 1.807) is 18.3 Å². The molecule has 1 atom stereocenters. The molecule has 1 saturated heterocycles. The fourth-order valence-corrected chi connectivity index (χ4v) is 3.49. The summed E-state index contributed by atoms with van der Waals surface area (Å²) in [6, 6.07) is 8.68. The van der Waals surface area contributed by atoms with Crippen LogP contribution in [-0.2, 0) is 6.42 Å². The molecule has 1 aromatic carbocycles. The second kappa shape index (κ2) is 7.35. The molecule has 2 aromatic rings. The van der Waals surface area contributed by atoms with Gasteiger partial charge in [0.2, 0.25) is 5.95 Å². The Morgan fingerprint density at radius 1 is 1.28 bits per heavy atom. The highest BCUT2D eigenvalue weighted by molar-refractivity contribution is 5.43. The first-order valence-corrected chi connectivity index (χ1v) is 8.63. The molecule has 0 radical (unpaired) electrons. The first-order valence-electron chi connectivity index (χ1n) is 8.63. The number of benzene rings is 1. The molecule has 6 heteroatoms. The molecular formula is C19H25FN4O. The van der Waals surface area contributed by atoms with Crippen LogP contribution < -0.4 is 9.80 Å². The van der Waals surface area contributed by atoms with Gasteiger partial charge in [0.25, 0.3) is 0 Å². The van der Waals surface area contributed by atoms with Crippen molar-refractivity contribution in [3.63, 3.8) is 0 Å². The summed E-state index contributed by atoms with van der Waals surface area (Å²) in [5, 5.41) is 10.1. The zero-order valence-electron chi connectivity index (χ0n) is 14.8. The number of nitrogens with zero attached hydrogens (tertiary/aromatic N) is 4. The number of rotatable bonds is 5. The van der Waals surface area contributed by atoms with Crippen LogP contribution in [0.15, 0.2) is 36.5 Å². The van der Waals surface area contributed by atoms with Crippen molar-refractivity contribution in [3.05, 3.63) is 47.9 Å². The fraction of sp³-hybridized carbons (Fsp3) is 0.474. The Labute approximate surface area is 148 Å². The van der Waals surface area contributed by atoms with Crippen molar-refractivity contribution in [2.75, 3.05) is 43.6 Å². The van der Waals surface area contributed by atoms with Crippen molar-refractivity contribution in [2.45, 2.75) is 19.3 Å². The van der Waals surface area contributed by atoms with Crippen LogP contribution in [0.25, 0.3) is 0 Å². The largest absolute Gasteiger partial charge is 0.396 e. The molecule has 3 rings (SSSR count). The monoisotopic (exact) mass is 344 g/mol. The Balaban J connectivity index is 1.83. The molecule has 1 aromatic heterocycles. The predicted molar refractivity (Wildman–Crippen MR) is 97.4 cm³/mol. The highest BCUT2D eigenvalue weighted by Gasteiger charge is 2.36. The molecule has 2 heterocycles. The maximum absolute atomic E-state index is 14.1. The third kappa shape index (κ3) is 3.90. The molecule has 1 aliphatic heterocycles. The molecule has 0 unspecified atom stereocenters. The number of piperidine rings is 1. The Morgan fingerprint density at radius 3 is 2.80 bits per heavy atom. The molecule has 0 saturated carbocycles. The Kier molecular flexibility index (Phi) is 5.18. The molecule has 0 bridgehead atoms. The minimum atomic E-state index is -0.377. The summed E-state index contributed by atoms with van der Waals surface area (Å²) in [7, 11) is 3.89. The zero-order valence-corrected chi connectivity index (χ0v) is 14.8. The average molecular weight is 344 g/mol. The van der Waals surface area contributed by atoms with E-state index in [9.17, 15) is 9.50 Å². The average Bonchev–Trinajstić information content (AvgIpc) is 2.64. The highest BCUT2D eigenvalue weighted by Crippen LogP contribution is 2.35. The van der Waals surface area contributed by atoms with Gasteiger partial charge in [0.1, 0.15) is 11.6 Å². The first kappa shape index (κ1) is 17.6. The van der Waals surface area contributed by atoms with E-state index in [0.29, 0.717) is 24.5 Å². The van der Waals surface area contributed by atoms with Gasteiger partial charge in [-0.1, -0.05) is 18.2 Å². The second-order valence-electron chi connectivity index (χ2n) is 7.06. The topological polar surface area (TPSA) is 52.5 Å². The van der Waals surface area contributed by atoms with Crippen LogP contribution in [0.1, 0.15) is 18.4 Å². The van der Waals surface area contributed by atoms with E-state index in [4.69, 9.17) is 0 Å². The van der Waals surface area contributed by atoms with E-state index < -0.39 is 0 Å². The van der Waals surface area contributed by atoms with E-state index in [1.807, 2.05) is 31.1 Å². The minimum Gasteiger partial charge on any atom is -0.396 e. The molecule has 1 fully saturated rings. The van der Waals surface area contributed by atoms with Crippen LogP contribution in [0.2, 0.25) is 0 Å². The third-order valence-electron chi connectivity index (χ3n) is 4.89. The summed E-state index contributed by atoms with van der Waals surface area (Å²) in [6.45, 7) is 1.48. The molecule has 1 aliphatic rings. The molecule has 0 spiro atoms. The van der Waals surface area contributed by atoms with Crippen LogP contribution >= 0.6 is 0 Å². The molecule has 5 nitrogen and oxygen atoms in total. The van der Waals surface area contributed by atoms with Gasteiger partial charge in [0, 0.05) is 38.8 Å². The molecule has 134 valence electrons. The second-order valence-corrected chi connectivity index (χ2v) is 7.06. The SMILES string of the molecule is CN(C)c1ccnc(N2CCC[C@@](CO)(Cc3ccccc3F)C2)n1. The lowest BCUT2D eigenvalue weighted by Gasteiger charge is -2.42. The van der Waals surface area contributed by atoms with Gasteiger partial charge in [0.05, 0.1) is 6.61 Å². The number of aliphatic hydroxyl groups excluding tert-OH is 1. The third-order valence-corrected chi connectivity index (χ3v) is 4.89. The number of anilines is 2. The highest BCUT2D eigenvalue weighted by atomic mass is 19.1. The van der Waals surface area contributed by atoms with Gasteiger partial charge >= 0.3 is 0 Å². The van der Waals surface area contributed by atoms with Crippen molar-refractivity contribution in [1.82, 2.24) is 9.97 Å². The summed E-state index contributed by atoms with van der Waals surface area (Å²) in [4.78, 5) is 13.1. The standard InChI is InChI=1S/C19H25FN4O/c1-23(2)17-8-10-21-18(22-17)24-11-5-9-19(13-24,14-25)12-15-6-3-4-7-16(15)20/h3-4,6-8,10,25H,5,9,11-14H2,1-2H3/t19-/m1/s1. The predicted octanol–water partition coefficient (Wildman–Crippen LogP) is 2.50. The fourth-order valence-electron chi connectivity index (χ4n) is 3.49. The van der Waals surface area contributed by atoms with Crippen molar-refractivity contribution in [1.29, 1.82) is 0 Å². The molecule has 0 aliphatic carbocycles. The maximum Gasteiger partial charge on any atom is 0.227 e. The Bertz CT molecular complexity index is 724. The lowest BCUT2D eigenvalue weighted by atomic mass is 9.75. The first-order chi connectivity index (χ1) is 12.0. The van der Waals surface area contributed by atoms with Gasteiger partial charge in [-0.15, -0.1) is 0 Å². The number of aliphatic hydroxyl groups is 1. The van der Waals surface area contributed by atoms with Crippen LogP contribution in [0, 0.1) is 11.2 Å². The number of hydrogen-bond donors (Lipinski definition) is 1. The number of halogens is 1. The molecule has 0 amide bonds. The van der Waals surface area contributed by atoms with E-state index in [1.165, 1.54) is 6.07 Å². The van der Waals surface area contributed by atoms with Crippen molar-refractivity contribution in [2.24, 2.45) is 5.41 Å². The smallest absolute Gasteiger partial charge is 0.227 e. The summed E-state index contributed by atoms with van der Waals surface area (Å²) >= 11 is 0. The van der Waals surface area contributed by atoms with E-state index in [2.05, 4.69) is 14.9 Å². The Hall–Kier alpha value is -2.21. The van der Waals surface area contributed by atoms with Gasteiger partial charge in [-0.2, -0.15) is 4.98 Å². The van der Waals surface area contributed by atoms with Crippen molar-refractivity contribution >= 4 is 11.8 Å². The van der Waals surface area contributed by atoms with Gasteiger partial charge in [0.15, 0.2) is 0 Å². The summed E-state index contributed by atoms with van der Waals surface area (Å²) < 4.78 is 14.1. The van der Waals surface area contributed by atoms with Gasteiger partial charge in [-0.05, 0) is 37.0 Å². The summed E-state index contributed by atoms with van der Waals surface area (Å²) in [5.74, 6) is 1.30. The molecular weight excluding hydrogens is 319 g/mol. The number of aromatic nitrogens is 2. The quantitative estimate of drug-likeness (QED) is 0.903. The van der Waals surface area contributed by atoms with Gasteiger partial charge < -0.3 is 14.9 Å². The van der Waals surface area contributed by atoms with E-state index in [0.717, 1.165) is 25.2 Å². The van der Waals surface area contributed by atoms with Crippen LogP contribution in [0.3, 0.4) is 0 Å². The molecule has 25 heavy (non-hydrogen) atoms. The van der Waals surface area contributed by atoms with Crippen LogP contribution in [-0.4, -0.2) is 48.9 Å². The molecule has 1 N–H and O–H groups in total. The van der Waals surface area contributed by atoms with Gasteiger partial charge in [-0.25, -0.2) is 9.37 Å². The van der Waals surface area contributed by atoms with Crippen LogP contribution in [0.5, 0.6) is 0 Å². The van der Waals surface area contributed by atoms with Crippen molar-refractivity contribution in [3.8, 4) is 0 Å². The van der Waals surface area contributed by atoms with Crippen LogP contribution in [0.4, 0.5) is 16.2 Å². The summed E-state index contributed by atoms with van der Waals surface area (Å²) in [6.07, 6.45) is 4.05. The van der Waals surface area contributed by atoms with Crippen molar-refractivity contribution < 1.29 is 9.50 Å². The Morgan fingerprint density at radius 2 is 2.08 bits per heavy atom. The maximum atomic E-state index is 14.1. The van der Waals surface area contributed by atoms with Gasteiger partial charge in [-0.3, -0.25) is 0 Å². The lowest BCUT2D eigenvalue weighted by molar-refractivity contribution is 0.104. The summed E-state index contributed by atoms with van der Waals surface area (Å²) in [5.41, 5.74) is 0.277. The minimum absolute atomic E-state index is 0.0191. The number of hydrogen-bond acceptors (Lipinski definition) is 5. The van der Waals surface area contributed by atoms with E-state index in [-0.39, 0.29) is 17.8 Å². The van der Waals surface area contributed by atoms with E-state index >= 15 is 0 Å². The normalized spacial score (nSPS) is 20.6.